The average Bonchev–Trinajstić information content (AvgIpc) is 3.06. The van der Waals surface area contributed by atoms with Gasteiger partial charge in [0.25, 0.3) is 5.91 Å². The van der Waals surface area contributed by atoms with E-state index < -0.39 is 17.8 Å². The lowest BCUT2D eigenvalue weighted by molar-refractivity contribution is -0.141. The Morgan fingerprint density at radius 2 is 1.83 bits per heavy atom. The van der Waals surface area contributed by atoms with Crippen LogP contribution in [0.3, 0.4) is 0 Å². The summed E-state index contributed by atoms with van der Waals surface area (Å²) in [5, 5.41) is 15.6. The van der Waals surface area contributed by atoms with Gasteiger partial charge in [-0.05, 0) is 30.3 Å². The Morgan fingerprint density at radius 3 is 2.38 bits per heavy atom. The van der Waals surface area contributed by atoms with Crippen LogP contribution in [0, 0.1) is 0 Å². The van der Waals surface area contributed by atoms with Gasteiger partial charge >= 0.3 is 6.18 Å². The summed E-state index contributed by atoms with van der Waals surface area (Å²) in [4.78, 5) is 16.2. The number of halogens is 3. The van der Waals surface area contributed by atoms with Crippen LogP contribution >= 0.6 is 0 Å². The molecule has 4 N–H and O–H groups in total. The Labute approximate surface area is 165 Å². The summed E-state index contributed by atoms with van der Waals surface area (Å²) in [7, 11) is 1.36. The number of anilines is 2. The lowest BCUT2D eigenvalue weighted by Gasteiger charge is -2.09. The van der Waals surface area contributed by atoms with E-state index in [1.54, 1.807) is 12.1 Å². The number of phenolic OH excluding ortho intramolecular Hbond substituents is 1. The molecule has 3 rings (SSSR count). The normalized spacial score (nSPS) is 10.8. The van der Waals surface area contributed by atoms with Crippen molar-refractivity contribution in [1.82, 2.24) is 14.8 Å². The van der Waals surface area contributed by atoms with Crippen molar-refractivity contribution in [3.63, 3.8) is 0 Å². The maximum atomic E-state index is 12.8. The van der Waals surface area contributed by atoms with Crippen molar-refractivity contribution in [3.8, 4) is 17.0 Å². The molecule has 0 saturated heterocycles. The molecule has 2 aromatic heterocycles. The van der Waals surface area contributed by atoms with Gasteiger partial charge in [-0.2, -0.15) is 18.3 Å². The molecule has 0 fully saturated rings. The lowest BCUT2D eigenvalue weighted by Crippen LogP contribution is -2.13. The number of hydrogen-bond acceptors (Lipinski definition) is 5. The number of nitrogens with one attached hydrogen (secondary N) is 1. The van der Waals surface area contributed by atoms with Crippen LogP contribution in [0.15, 0.2) is 42.5 Å². The molecule has 0 atom stereocenters. The largest absolute Gasteiger partial charge is 0.507 e. The molecule has 3 aromatic rings. The van der Waals surface area contributed by atoms with Crippen LogP contribution in [0.25, 0.3) is 11.3 Å². The second-order valence-corrected chi connectivity index (χ2v) is 5.64. The topological polar surface area (TPSA) is 106 Å². The first kappa shape index (κ1) is 21.7. The Balaban J connectivity index is 0.00000145. The summed E-state index contributed by atoms with van der Waals surface area (Å²) in [5.41, 5.74) is 5.22. The fourth-order valence-corrected chi connectivity index (χ4v) is 2.47. The molecule has 154 valence electrons. The van der Waals surface area contributed by atoms with Gasteiger partial charge in [-0.15, -0.1) is 0 Å². The third-order valence-corrected chi connectivity index (χ3v) is 3.76. The van der Waals surface area contributed by atoms with Crippen molar-refractivity contribution in [2.24, 2.45) is 7.05 Å². The van der Waals surface area contributed by atoms with Crippen LogP contribution in [0.1, 0.15) is 29.9 Å². The number of carbonyl (C=O) groups excluding carboxylic acids is 1. The number of aromatic hydroxyl groups is 1. The number of pyridine rings is 1. The van der Waals surface area contributed by atoms with E-state index >= 15 is 0 Å². The number of rotatable bonds is 3. The summed E-state index contributed by atoms with van der Waals surface area (Å²) in [6.07, 6.45) is -4.58. The van der Waals surface area contributed by atoms with Crippen LogP contribution in [-0.4, -0.2) is 25.8 Å². The van der Waals surface area contributed by atoms with Crippen LogP contribution < -0.4 is 11.1 Å². The molecule has 0 saturated carbocycles. The van der Waals surface area contributed by atoms with Gasteiger partial charge in [0.05, 0.1) is 11.3 Å². The fourth-order valence-electron chi connectivity index (χ4n) is 2.47. The second kappa shape index (κ2) is 8.63. The zero-order chi connectivity index (χ0) is 21.8. The van der Waals surface area contributed by atoms with E-state index in [1.165, 1.54) is 31.3 Å². The van der Waals surface area contributed by atoms with Crippen LogP contribution in [0.4, 0.5) is 24.8 Å². The van der Waals surface area contributed by atoms with Crippen molar-refractivity contribution in [1.29, 1.82) is 0 Å². The minimum Gasteiger partial charge on any atom is -0.507 e. The van der Waals surface area contributed by atoms with Gasteiger partial charge in [-0.1, -0.05) is 26.0 Å². The molecule has 0 radical (unpaired) electrons. The molecule has 10 heteroatoms. The SMILES string of the molecule is CC.Cn1nc(C(F)(F)F)cc1-c1ccc(NC(=O)c2ccccc2O)nc1N. The van der Waals surface area contributed by atoms with Crippen molar-refractivity contribution in [3.05, 3.63) is 53.7 Å². The molecular weight excluding hydrogens is 387 g/mol. The summed E-state index contributed by atoms with van der Waals surface area (Å²) in [5.74, 6) is -0.800. The maximum Gasteiger partial charge on any atom is 0.435 e. The maximum absolute atomic E-state index is 12.8. The molecule has 0 aliphatic rings. The second-order valence-electron chi connectivity index (χ2n) is 5.64. The third kappa shape index (κ3) is 4.84. The fraction of sp³-hybridized carbons (Fsp3) is 0.211. The van der Waals surface area contributed by atoms with E-state index in [-0.39, 0.29) is 34.2 Å². The number of aryl methyl sites for hydroxylation is 1. The van der Waals surface area contributed by atoms with Crippen molar-refractivity contribution in [2.45, 2.75) is 20.0 Å². The molecular formula is C19H20F3N5O2. The molecule has 0 spiro atoms. The third-order valence-electron chi connectivity index (χ3n) is 3.76. The molecule has 29 heavy (non-hydrogen) atoms. The number of amides is 1. The summed E-state index contributed by atoms with van der Waals surface area (Å²) < 4.78 is 39.5. The predicted molar refractivity (Wildman–Crippen MR) is 103 cm³/mol. The van der Waals surface area contributed by atoms with Crippen LogP contribution in [0.2, 0.25) is 0 Å². The Morgan fingerprint density at radius 1 is 1.17 bits per heavy atom. The number of carbonyl (C=O) groups is 1. The highest BCUT2D eigenvalue weighted by atomic mass is 19.4. The van der Waals surface area contributed by atoms with E-state index in [2.05, 4.69) is 15.4 Å². The number of benzene rings is 1. The minimum absolute atomic E-state index is 0.0448. The first-order valence-corrected chi connectivity index (χ1v) is 8.64. The molecule has 0 bridgehead atoms. The number of para-hydroxylation sites is 1. The van der Waals surface area contributed by atoms with Crippen molar-refractivity contribution in [2.75, 3.05) is 11.1 Å². The smallest absolute Gasteiger partial charge is 0.435 e. The molecule has 1 aromatic carbocycles. The molecule has 0 aliphatic heterocycles. The lowest BCUT2D eigenvalue weighted by atomic mass is 10.1. The van der Waals surface area contributed by atoms with E-state index in [1.807, 2.05) is 13.8 Å². The van der Waals surface area contributed by atoms with E-state index in [9.17, 15) is 23.1 Å². The summed E-state index contributed by atoms with van der Waals surface area (Å²) >= 11 is 0. The van der Waals surface area contributed by atoms with Gasteiger partial charge < -0.3 is 16.2 Å². The van der Waals surface area contributed by atoms with Gasteiger partial charge in [0.2, 0.25) is 0 Å². The van der Waals surface area contributed by atoms with Gasteiger partial charge in [-0.25, -0.2) is 4.98 Å². The number of alkyl halides is 3. The first-order chi connectivity index (χ1) is 13.7. The van der Waals surface area contributed by atoms with E-state index in [4.69, 9.17) is 5.73 Å². The number of hydrogen-bond donors (Lipinski definition) is 3. The van der Waals surface area contributed by atoms with Gasteiger partial charge in [0, 0.05) is 12.6 Å². The Bertz CT molecular complexity index is 1020. The monoisotopic (exact) mass is 407 g/mol. The number of nitrogens with zero attached hydrogens (tertiary/aromatic N) is 3. The zero-order valence-electron chi connectivity index (χ0n) is 15.9. The molecule has 1 amide bonds. The van der Waals surface area contributed by atoms with Gasteiger partial charge in [-0.3, -0.25) is 9.48 Å². The van der Waals surface area contributed by atoms with E-state index in [0.29, 0.717) is 0 Å². The Kier molecular flexibility index (Phi) is 6.47. The highest BCUT2D eigenvalue weighted by Crippen LogP contribution is 2.33. The Hall–Kier alpha value is -3.56. The summed E-state index contributed by atoms with van der Waals surface area (Å²) in [6, 6.07) is 9.63. The van der Waals surface area contributed by atoms with Crippen molar-refractivity contribution < 1.29 is 23.1 Å². The number of aromatic nitrogens is 3. The number of phenols is 1. The zero-order valence-corrected chi connectivity index (χ0v) is 15.9. The highest BCUT2D eigenvalue weighted by Gasteiger charge is 2.35. The standard InChI is InChI=1S/C17H14F3N5O2.C2H6/c1-25-11(8-13(24-25)17(18,19)20)9-6-7-14(22-15(9)21)23-16(27)10-4-2-3-5-12(10)26;1-2/h2-8,26H,1H3,(H3,21,22,23,27);1-2H3. The summed E-state index contributed by atoms with van der Waals surface area (Å²) in [6.45, 7) is 4.00. The minimum atomic E-state index is -4.58. The van der Waals surface area contributed by atoms with Gasteiger partial charge in [0.1, 0.15) is 17.4 Å². The molecule has 2 heterocycles. The van der Waals surface area contributed by atoms with Crippen molar-refractivity contribution >= 4 is 17.5 Å². The highest BCUT2D eigenvalue weighted by molar-refractivity contribution is 6.05. The average molecular weight is 407 g/mol. The first-order valence-electron chi connectivity index (χ1n) is 8.64. The molecule has 0 unspecified atom stereocenters. The quantitative estimate of drug-likeness (QED) is 0.607. The van der Waals surface area contributed by atoms with Gasteiger partial charge in [0.15, 0.2) is 5.69 Å². The number of nitrogen functional groups attached to an aromatic ring is 1. The predicted octanol–water partition coefficient (Wildman–Crippen LogP) is 4.07. The van der Waals surface area contributed by atoms with Crippen LogP contribution in [-0.2, 0) is 13.2 Å². The molecule has 0 aliphatic carbocycles. The van der Waals surface area contributed by atoms with Crippen LogP contribution in [0.5, 0.6) is 5.75 Å². The van der Waals surface area contributed by atoms with E-state index in [0.717, 1.165) is 10.7 Å². The molecule has 7 nitrogen and oxygen atoms in total. The number of nitrogens with two attached hydrogens (primary N) is 1.